The number of rotatable bonds is 5. The van der Waals surface area contributed by atoms with Gasteiger partial charge in [-0.25, -0.2) is 0 Å². The van der Waals surface area contributed by atoms with E-state index in [4.69, 9.17) is 21.1 Å². The summed E-state index contributed by atoms with van der Waals surface area (Å²) in [6, 6.07) is 0. The Kier molecular flexibility index (Phi) is 6.07. The number of hydrogen-bond acceptors (Lipinski definition) is 5. The Morgan fingerprint density at radius 1 is 1.23 bits per heavy atom. The summed E-state index contributed by atoms with van der Waals surface area (Å²) in [5, 5.41) is 27.9. The zero-order valence-corrected chi connectivity index (χ0v) is 7.16. The van der Waals surface area contributed by atoms with Gasteiger partial charge in [-0.2, -0.15) is 0 Å². The largest absolute Gasteiger partial charge is 0.392 e. The third-order valence-corrected chi connectivity index (χ3v) is 1.53. The number of hydrogen-bond donors (Lipinski definition) is 5. The Bertz CT molecular complexity index is 197. The summed E-state index contributed by atoms with van der Waals surface area (Å²) in [5.41, 5.74) is 5.49. The van der Waals surface area contributed by atoms with Crippen molar-refractivity contribution in [2.45, 2.75) is 0 Å². The molecular weight excluding hydrogens is 176 g/mol. The number of carbonyl (C=O) groups excluding carboxylic acids is 1. The second-order valence-electron chi connectivity index (χ2n) is 2.27. The van der Waals surface area contributed by atoms with Crippen LogP contribution in [0.15, 0.2) is 11.1 Å². The zero-order valence-electron chi connectivity index (χ0n) is 7.16. The second-order valence-corrected chi connectivity index (χ2v) is 2.27. The van der Waals surface area contributed by atoms with E-state index in [0.29, 0.717) is 0 Å². The molecule has 0 aliphatic carbocycles. The van der Waals surface area contributed by atoms with Gasteiger partial charge in [-0.1, -0.05) is 0 Å². The van der Waals surface area contributed by atoms with Crippen LogP contribution in [0.3, 0.4) is 0 Å². The lowest BCUT2D eigenvalue weighted by Crippen LogP contribution is -2.31. The van der Waals surface area contributed by atoms with E-state index in [2.05, 4.69) is 5.32 Å². The van der Waals surface area contributed by atoms with Crippen LogP contribution in [0, 0.1) is 0 Å². The first-order valence-electron chi connectivity index (χ1n) is 3.73. The topological polar surface area (TPSA) is 116 Å². The average Bonchev–Trinajstić information content (AvgIpc) is 2.14. The highest BCUT2D eigenvalue weighted by Gasteiger charge is 2.11. The maximum Gasteiger partial charge on any atom is 0.250 e. The molecular formula is C7H14N2O4. The summed E-state index contributed by atoms with van der Waals surface area (Å²) >= 11 is 0. The van der Waals surface area contributed by atoms with E-state index in [0.717, 1.165) is 0 Å². The maximum atomic E-state index is 11.1. The van der Waals surface area contributed by atoms with Gasteiger partial charge < -0.3 is 26.4 Å². The minimum absolute atomic E-state index is 0.0950. The van der Waals surface area contributed by atoms with E-state index in [9.17, 15) is 4.79 Å². The summed E-state index contributed by atoms with van der Waals surface area (Å²) in [6.07, 6.45) is 0. The van der Waals surface area contributed by atoms with E-state index >= 15 is 0 Å². The Morgan fingerprint density at radius 3 is 2.08 bits per heavy atom. The molecule has 13 heavy (non-hydrogen) atoms. The molecule has 0 aliphatic rings. The fourth-order valence-corrected chi connectivity index (χ4v) is 0.817. The molecule has 0 spiro atoms. The van der Waals surface area contributed by atoms with Crippen molar-refractivity contribution in [3.63, 3.8) is 0 Å². The summed E-state index contributed by atoms with van der Waals surface area (Å²) in [7, 11) is 0. The molecule has 0 aliphatic heterocycles. The quantitative estimate of drug-likeness (QED) is 0.239. The third kappa shape index (κ3) is 3.51. The van der Waals surface area contributed by atoms with Crippen molar-refractivity contribution in [2.75, 3.05) is 26.5 Å². The maximum absolute atomic E-state index is 11.1. The van der Waals surface area contributed by atoms with Gasteiger partial charge in [0.25, 0.3) is 0 Å². The first-order valence-corrected chi connectivity index (χ1v) is 3.73. The highest BCUT2D eigenvalue weighted by atomic mass is 16.3. The third-order valence-electron chi connectivity index (χ3n) is 1.53. The highest BCUT2D eigenvalue weighted by molar-refractivity contribution is 5.94. The van der Waals surface area contributed by atoms with Gasteiger partial charge in [0.1, 0.15) is 6.73 Å². The Balaban J connectivity index is 4.63. The molecule has 1 amide bonds. The molecule has 0 fully saturated rings. The summed E-state index contributed by atoms with van der Waals surface area (Å²) in [4.78, 5) is 11.1. The lowest BCUT2D eigenvalue weighted by molar-refractivity contribution is -0.118. The molecule has 6 heteroatoms. The van der Waals surface area contributed by atoms with Crippen molar-refractivity contribution in [3.05, 3.63) is 11.1 Å². The SMILES string of the molecule is NCC(C(=O)NCO)=C(CO)CO. The van der Waals surface area contributed by atoms with Gasteiger partial charge in [0.2, 0.25) is 5.91 Å². The molecule has 0 unspecified atom stereocenters. The smallest absolute Gasteiger partial charge is 0.250 e. The van der Waals surface area contributed by atoms with E-state index in [1.165, 1.54) is 0 Å². The van der Waals surface area contributed by atoms with Crippen molar-refractivity contribution >= 4 is 5.91 Å². The number of nitrogens with two attached hydrogens (primary N) is 1. The van der Waals surface area contributed by atoms with Gasteiger partial charge in [-0.05, 0) is 5.57 Å². The van der Waals surface area contributed by atoms with E-state index in [1.807, 2.05) is 0 Å². The predicted molar refractivity (Wildman–Crippen MR) is 45.5 cm³/mol. The van der Waals surface area contributed by atoms with Gasteiger partial charge >= 0.3 is 0 Å². The fourth-order valence-electron chi connectivity index (χ4n) is 0.817. The van der Waals surface area contributed by atoms with Crippen molar-refractivity contribution < 1.29 is 20.1 Å². The van der Waals surface area contributed by atoms with Crippen LogP contribution < -0.4 is 11.1 Å². The number of nitrogens with one attached hydrogen (secondary N) is 1. The van der Waals surface area contributed by atoms with Crippen LogP contribution in [0.25, 0.3) is 0 Å². The lowest BCUT2D eigenvalue weighted by atomic mass is 10.1. The number of aliphatic hydroxyl groups is 3. The molecule has 6 nitrogen and oxygen atoms in total. The standard InChI is InChI=1S/C7H14N2O4/c8-1-6(5(2-10)3-11)7(13)9-4-12/h10-12H,1-4,8H2,(H,9,13). The first-order chi connectivity index (χ1) is 6.21. The Labute approximate surface area is 75.7 Å². The summed E-state index contributed by atoms with van der Waals surface area (Å²) in [6.45, 7) is -1.46. The van der Waals surface area contributed by atoms with E-state index in [1.54, 1.807) is 0 Å². The highest BCUT2D eigenvalue weighted by Crippen LogP contribution is 2.01. The van der Waals surface area contributed by atoms with Crippen molar-refractivity contribution in [3.8, 4) is 0 Å². The molecule has 76 valence electrons. The average molecular weight is 190 g/mol. The molecule has 0 radical (unpaired) electrons. The van der Waals surface area contributed by atoms with E-state index < -0.39 is 25.9 Å². The number of aliphatic hydroxyl groups excluding tert-OH is 3. The predicted octanol–water partition coefficient (Wildman–Crippen LogP) is -2.71. The minimum atomic E-state index is -0.580. The summed E-state index contributed by atoms with van der Waals surface area (Å²) in [5.74, 6) is -0.580. The van der Waals surface area contributed by atoms with Crippen molar-refractivity contribution in [1.29, 1.82) is 0 Å². The van der Waals surface area contributed by atoms with Gasteiger partial charge in [0.15, 0.2) is 0 Å². The van der Waals surface area contributed by atoms with E-state index in [-0.39, 0.29) is 17.7 Å². The zero-order chi connectivity index (χ0) is 10.3. The van der Waals surface area contributed by atoms with Crippen LogP contribution in [0.5, 0.6) is 0 Å². The van der Waals surface area contributed by atoms with Crippen LogP contribution in [-0.2, 0) is 4.79 Å². The number of amides is 1. The van der Waals surface area contributed by atoms with Crippen LogP contribution >= 0.6 is 0 Å². The molecule has 0 aromatic carbocycles. The van der Waals surface area contributed by atoms with Crippen LogP contribution in [0.4, 0.5) is 0 Å². The van der Waals surface area contributed by atoms with Crippen molar-refractivity contribution in [1.82, 2.24) is 5.32 Å². The normalized spacial score (nSPS) is 9.54. The second kappa shape index (κ2) is 6.55. The van der Waals surface area contributed by atoms with Gasteiger partial charge in [-0.15, -0.1) is 0 Å². The van der Waals surface area contributed by atoms with Crippen LogP contribution in [-0.4, -0.2) is 47.7 Å². The minimum Gasteiger partial charge on any atom is -0.392 e. The molecule has 0 saturated heterocycles. The molecule has 0 atom stereocenters. The molecule has 0 bridgehead atoms. The number of carbonyl (C=O) groups is 1. The molecule has 0 heterocycles. The Hall–Kier alpha value is -0.950. The fraction of sp³-hybridized carbons (Fsp3) is 0.571. The summed E-state index contributed by atoms with van der Waals surface area (Å²) < 4.78 is 0. The van der Waals surface area contributed by atoms with Gasteiger partial charge in [0.05, 0.1) is 13.2 Å². The molecule has 0 aromatic heterocycles. The monoisotopic (exact) mass is 190 g/mol. The Morgan fingerprint density at radius 2 is 1.77 bits per heavy atom. The first kappa shape index (κ1) is 12.0. The molecule has 0 aromatic rings. The molecule has 6 N–H and O–H groups in total. The van der Waals surface area contributed by atoms with Crippen LogP contribution in [0.1, 0.15) is 0 Å². The van der Waals surface area contributed by atoms with Gasteiger partial charge in [-0.3, -0.25) is 4.79 Å². The molecule has 0 saturated carbocycles. The van der Waals surface area contributed by atoms with Crippen LogP contribution in [0.2, 0.25) is 0 Å². The molecule has 0 rings (SSSR count). The van der Waals surface area contributed by atoms with Crippen molar-refractivity contribution in [2.24, 2.45) is 5.73 Å². The lowest BCUT2D eigenvalue weighted by Gasteiger charge is -2.09. The van der Waals surface area contributed by atoms with Gasteiger partial charge in [0, 0.05) is 12.1 Å².